The zero-order valence-corrected chi connectivity index (χ0v) is 14.7. The molecule has 2 saturated heterocycles. The number of likely N-dealkylation sites (N-methyl/N-ethyl adjacent to an activating group) is 1. The van der Waals surface area contributed by atoms with E-state index in [4.69, 9.17) is 0 Å². The van der Waals surface area contributed by atoms with Gasteiger partial charge in [-0.3, -0.25) is 14.5 Å². The van der Waals surface area contributed by atoms with E-state index in [-0.39, 0.29) is 30.3 Å². The van der Waals surface area contributed by atoms with Crippen molar-refractivity contribution >= 4 is 24.2 Å². The molecule has 0 aromatic rings. The lowest BCUT2D eigenvalue weighted by atomic mass is 10.0. The lowest BCUT2D eigenvalue weighted by Crippen LogP contribution is -2.57. The molecule has 22 heavy (non-hydrogen) atoms. The van der Waals surface area contributed by atoms with Crippen molar-refractivity contribution in [3.8, 4) is 0 Å². The van der Waals surface area contributed by atoms with Crippen molar-refractivity contribution in [1.82, 2.24) is 20.0 Å². The molecule has 7 heteroatoms. The van der Waals surface area contributed by atoms with E-state index in [1.807, 2.05) is 23.8 Å². The smallest absolute Gasteiger partial charge is 0.239 e. The summed E-state index contributed by atoms with van der Waals surface area (Å²) >= 11 is 0. The molecule has 2 fully saturated rings. The zero-order valence-electron chi connectivity index (χ0n) is 13.9. The lowest BCUT2D eigenvalue weighted by Gasteiger charge is -2.40. The second-order valence-electron chi connectivity index (χ2n) is 6.13. The summed E-state index contributed by atoms with van der Waals surface area (Å²) in [6, 6.07) is 0.425. The highest BCUT2D eigenvalue weighted by Gasteiger charge is 2.31. The van der Waals surface area contributed by atoms with Crippen LogP contribution >= 0.6 is 12.4 Å². The van der Waals surface area contributed by atoms with Crippen LogP contribution in [0.15, 0.2) is 0 Å². The zero-order chi connectivity index (χ0) is 15.4. The van der Waals surface area contributed by atoms with Gasteiger partial charge in [-0.2, -0.15) is 0 Å². The molecule has 2 aliphatic rings. The van der Waals surface area contributed by atoms with E-state index in [1.54, 1.807) is 6.92 Å². The Labute approximate surface area is 139 Å². The van der Waals surface area contributed by atoms with Crippen molar-refractivity contribution in [3.05, 3.63) is 0 Å². The van der Waals surface area contributed by atoms with Gasteiger partial charge < -0.3 is 15.1 Å². The molecule has 6 nitrogen and oxygen atoms in total. The Morgan fingerprint density at radius 1 is 1.09 bits per heavy atom. The van der Waals surface area contributed by atoms with Crippen molar-refractivity contribution < 1.29 is 9.59 Å². The summed E-state index contributed by atoms with van der Waals surface area (Å²) in [5, 5.41) is 3.31. The second-order valence-corrected chi connectivity index (χ2v) is 6.13. The summed E-state index contributed by atoms with van der Waals surface area (Å²) in [6.07, 6.45) is 2.33. The van der Waals surface area contributed by atoms with E-state index in [1.165, 1.54) is 6.42 Å². The number of hydrogen-bond donors (Lipinski definition) is 1. The predicted octanol–water partition coefficient (Wildman–Crippen LogP) is 0.171. The van der Waals surface area contributed by atoms with Gasteiger partial charge in [0.05, 0.1) is 6.04 Å². The number of hydrogen-bond acceptors (Lipinski definition) is 4. The van der Waals surface area contributed by atoms with E-state index in [9.17, 15) is 9.59 Å². The van der Waals surface area contributed by atoms with Gasteiger partial charge in [0.25, 0.3) is 0 Å². The van der Waals surface area contributed by atoms with Crippen LogP contribution in [0.5, 0.6) is 0 Å². The number of carbonyl (C=O) groups is 2. The second kappa shape index (κ2) is 8.70. The average Bonchev–Trinajstić information content (AvgIpc) is 2.53. The Hall–Kier alpha value is -0.850. The van der Waals surface area contributed by atoms with Crippen LogP contribution in [0.2, 0.25) is 0 Å². The number of piperazine rings is 1. The molecule has 2 rings (SSSR count). The van der Waals surface area contributed by atoms with Crippen LogP contribution in [0.25, 0.3) is 0 Å². The summed E-state index contributed by atoms with van der Waals surface area (Å²) in [5.41, 5.74) is 0. The summed E-state index contributed by atoms with van der Waals surface area (Å²) in [5.74, 6) is 0.304. The molecule has 2 amide bonds. The minimum atomic E-state index is -0.0648. The van der Waals surface area contributed by atoms with Gasteiger partial charge in [-0.15, -0.1) is 12.4 Å². The molecular formula is C15H29ClN4O2. The SMILES string of the molecule is CNC1CCCN(C(C)C(=O)N2CCN(C(C)=O)CC2)C1.Cl. The van der Waals surface area contributed by atoms with Gasteiger partial charge in [0, 0.05) is 45.7 Å². The molecule has 2 aliphatic heterocycles. The molecule has 0 spiro atoms. The fourth-order valence-corrected chi connectivity index (χ4v) is 3.26. The fourth-order valence-electron chi connectivity index (χ4n) is 3.26. The predicted molar refractivity (Wildman–Crippen MR) is 89.2 cm³/mol. The highest BCUT2D eigenvalue weighted by atomic mass is 35.5. The average molecular weight is 333 g/mol. The monoisotopic (exact) mass is 332 g/mol. The molecule has 0 saturated carbocycles. The normalized spacial score (nSPS) is 24.6. The van der Waals surface area contributed by atoms with Gasteiger partial charge in [0.15, 0.2) is 0 Å². The largest absolute Gasteiger partial charge is 0.339 e. The first-order chi connectivity index (χ1) is 10.0. The maximum Gasteiger partial charge on any atom is 0.239 e. The number of likely N-dealkylation sites (tertiary alicyclic amines) is 1. The highest BCUT2D eigenvalue weighted by Crippen LogP contribution is 2.15. The summed E-state index contributed by atoms with van der Waals surface area (Å²) in [6.45, 7) is 8.18. The topological polar surface area (TPSA) is 55.9 Å². The number of nitrogens with one attached hydrogen (secondary N) is 1. The summed E-state index contributed by atoms with van der Waals surface area (Å²) in [4.78, 5) is 30.0. The maximum atomic E-state index is 12.6. The maximum absolute atomic E-state index is 12.6. The highest BCUT2D eigenvalue weighted by molar-refractivity contribution is 5.85. The Bertz CT molecular complexity index is 386. The van der Waals surface area contributed by atoms with E-state index < -0.39 is 0 Å². The van der Waals surface area contributed by atoms with E-state index >= 15 is 0 Å². The van der Waals surface area contributed by atoms with Crippen LogP contribution in [-0.2, 0) is 9.59 Å². The Kier molecular flexibility index (Phi) is 7.59. The summed E-state index contributed by atoms with van der Waals surface area (Å²) in [7, 11) is 1.99. The number of amides is 2. The van der Waals surface area contributed by atoms with Crippen LogP contribution in [0, 0.1) is 0 Å². The van der Waals surface area contributed by atoms with Gasteiger partial charge in [0.2, 0.25) is 11.8 Å². The van der Waals surface area contributed by atoms with Crippen LogP contribution in [0.3, 0.4) is 0 Å². The van der Waals surface area contributed by atoms with Gasteiger partial charge in [-0.1, -0.05) is 0 Å². The molecule has 0 bridgehead atoms. The van der Waals surface area contributed by atoms with Crippen LogP contribution < -0.4 is 5.32 Å². The molecule has 0 radical (unpaired) electrons. The third-order valence-corrected chi connectivity index (χ3v) is 4.80. The van der Waals surface area contributed by atoms with Crippen LogP contribution in [-0.4, -0.2) is 84.9 Å². The number of rotatable bonds is 3. The molecule has 128 valence electrons. The standard InChI is InChI=1S/C15H28N4O2.ClH/c1-12(19-6-4-5-14(11-19)16-3)15(21)18-9-7-17(8-10-18)13(2)20;/h12,14,16H,4-11H2,1-3H3;1H. The third kappa shape index (κ3) is 4.57. The number of nitrogens with zero attached hydrogens (tertiary/aromatic N) is 3. The lowest BCUT2D eigenvalue weighted by molar-refractivity contribution is -0.142. The van der Waals surface area contributed by atoms with E-state index in [2.05, 4.69) is 10.2 Å². The van der Waals surface area contributed by atoms with E-state index in [0.717, 1.165) is 19.5 Å². The first-order valence-corrected chi connectivity index (χ1v) is 7.98. The van der Waals surface area contributed by atoms with Crippen molar-refractivity contribution in [1.29, 1.82) is 0 Å². The first kappa shape index (κ1) is 19.2. The van der Waals surface area contributed by atoms with Crippen LogP contribution in [0.4, 0.5) is 0 Å². The van der Waals surface area contributed by atoms with Crippen molar-refractivity contribution in [2.45, 2.75) is 38.8 Å². The molecule has 0 aromatic heterocycles. The van der Waals surface area contributed by atoms with E-state index in [0.29, 0.717) is 32.2 Å². The Morgan fingerprint density at radius 3 is 2.23 bits per heavy atom. The summed E-state index contributed by atoms with van der Waals surface area (Å²) < 4.78 is 0. The van der Waals surface area contributed by atoms with Gasteiger partial charge in [-0.25, -0.2) is 0 Å². The molecule has 0 aliphatic carbocycles. The van der Waals surface area contributed by atoms with Crippen molar-refractivity contribution in [2.75, 3.05) is 46.3 Å². The van der Waals surface area contributed by atoms with Crippen molar-refractivity contribution in [2.24, 2.45) is 0 Å². The quantitative estimate of drug-likeness (QED) is 0.800. The number of halogens is 1. The molecule has 2 atom stereocenters. The van der Waals surface area contributed by atoms with Gasteiger partial charge in [-0.05, 0) is 33.4 Å². The molecule has 0 aromatic carbocycles. The van der Waals surface area contributed by atoms with Gasteiger partial charge in [0.1, 0.15) is 0 Å². The van der Waals surface area contributed by atoms with Crippen LogP contribution in [0.1, 0.15) is 26.7 Å². The molecule has 1 N–H and O–H groups in total. The van der Waals surface area contributed by atoms with Crippen molar-refractivity contribution in [3.63, 3.8) is 0 Å². The molecule has 2 heterocycles. The Balaban J connectivity index is 0.00000242. The van der Waals surface area contributed by atoms with Gasteiger partial charge >= 0.3 is 0 Å². The minimum absolute atomic E-state index is 0. The number of carbonyl (C=O) groups excluding carboxylic acids is 2. The molecular weight excluding hydrogens is 304 g/mol. The minimum Gasteiger partial charge on any atom is -0.339 e. The number of piperidine rings is 1. The first-order valence-electron chi connectivity index (χ1n) is 7.98. The third-order valence-electron chi connectivity index (χ3n) is 4.80. The Morgan fingerprint density at radius 2 is 1.68 bits per heavy atom. The fraction of sp³-hybridized carbons (Fsp3) is 0.867. The molecule has 2 unspecified atom stereocenters.